The van der Waals surface area contributed by atoms with Crippen LogP contribution in [0.4, 0.5) is 0 Å². The monoisotopic (exact) mass is 153 g/mol. The van der Waals surface area contributed by atoms with Crippen molar-refractivity contribution >= 4 is 5.91 Å². The van der Waals surface area contributed by atoms with Gasteiger partial charge in [-0.05, 0) is 18.5 Å². The molecule has 0 aliphatic carbocycles. The van der Waals surface area contributed by atoms with Crippen LogP contribution in [0.3, 0.4) is 0 Å². The summed E-state index contributed by atoms with van der Waals surface area (Å²) in [6.07, 6.45) is 5.74. The van der Waals surface area contributed by atoms with E-state index in [4.69, 9.17) is 0 Å². The quantitative estimate of drug-likeness (QED) is 0.642. The first-order valence-electron chi connectivity index (χ1n) is 4.21. The maximum Gasteiger partial charge on any atom is 0.227 e. The van der Waals surface area contributed by atoms with Gasteiger partial charge in [-0.15, -0.1) is 0 Å². The van der Waals surface area contributed by atoms with E-state index in [1.54, 1.807) is 6.20 Å². The van der Waals surface area contributed by atoms with Crippen LogP contribution in [0.25, 0.3) is 0 Å². The Hall–Kier alpha value is -0.790. The van der Waals surface area contributed by atoms with E-state index in [1.807, 2.05) is 6.08 Å². The first-order chi connectivity index (χ1) is 5.25. The second-order valence-corrected chi connectivity index (χ2v) is 3.14. The van der Waals surface area contributed by atoms with E-state index in [0.29, 0.717) is 5.92 Å². The molecule has 0 bridgehead atoms. The van der Waals surface area contributed by atoms with Gasteiger partial charge in [0.25, 0.3) is 0 Å². The molecule has 1 rings (SSSR count). The van der Waals surface area contributed by atoms with E-state index in [9.17, 15) is 4.79 Å². The Labute approximate surface area is 67.7 Å². The van der Waals surface area contributed by atoms with Crippen molar-refractivity contribution in [2.45, 2.75) is 26.7 Å². The summed E-state index contributed by atoms with van der Waals surface area (Å²) in [5, 5.41) is 2.73. The van der Waals surface area contributed by atoms with Gasteiger partial charge in [0, 0.05) is 5.92 Å². The maximum absolute atomic E-state index is 11.2. The summed E-state index contributed by atoms with van der Waals surface area (Å²) in [4.78, 5) is 11.2. The van der Waals surface area contributed by atoms with Gasteiger partial charge in [-0.3, -0.25) is 4.79 Å². The largest absolute Gasteiger partial charge is 0.333 e. The molecule has 1 amide bonds. The topological polar surface area (TPSA) is 29.1 Å². The molecule has 0 aromatic heterocycles. The number of carbonyl (C=O) groups is 1. The van der Waals surface area contributed by atoms with Crippen LogP contribution in [0.15, 0.2) is 12.3 Å². The van der Waals surface area contributed by atoms with E-state index in [-0.39, 0.29) is 11.8 Å². The summed E-state index contributed by atoms with van der Waals surface area (Å²) in [6.45, 7) is 4.25. The maximum atomic E-state index is 11.2. The van der Waals surface area contributed by atoms with Crippen molar-refractivity contribution in [2.24, 2.45) is 11.8 Å². The predicted molar refractivity (Wildman–Crippen MR) is 44.8 cm³/mol. The normalized spacial score (nSPS) is 26.4. The van der Waals surface area contributed by atoms with Gasteiger partial charge in [-0.1, -0.05) is 26.3 Å². The average Bonchev–Trinajstić information content (AvgIpc) is 2.04. The van der Waals surface area contributed by atoms with E-state index in [2.05, 4.69) is 19.2 Å². The molecule has 0 spiro atoms. The van der Waals surface area contributed by atoms with Gasteiger partial charge in [0.15, 0.2) is 0 Å². The molecule has 2 nitrogen and oxygen atoms in total. The van der Waals surface area contributed by atoms with Gasteiger partial charge in [0.05, 0.1) is 0 Å². The Morgan fingerprint density at radius 3 is 3.09 bits per heavy atom. The molecular weight excluding hydrogens is 138 g/mol. The van der Waals surface area contributed by atoms with Crippen LogP contribution in [0.1, 0.15) is 26.7 Å². The molecule has 11 heavy (non-hydrogen) atoms. The van der Waals surface area contributed by atoms with Gasteiger partial charge in [0.2, 0.25) is 5.91 Å². The Morgan fingerprint density at radius 1 is 1.82 bits per heavy atom. The van der Waals surface area contributed by atoms with Crippen LogP contribution >= 0.6 is 0 Å². The lowest BCUT2D eigenvalue weighted by Gasteiger charge is -2.22. The van der Waals surface area contributed by atoms with Gasteiger partial charge in [-0.2, -0.15) is 0 Å². The molecule has 0 radical (unpaired) electrons. The summed E-state index contributed by atoms with van der Waals surface area (Å²) in [5.74, 6) is 0.881. The highest BCUT2D eigenvalue weighted by molar-refractivity contribution is 5.80. The van der Waals surface area contributed by atoms with E-state index in [0.717, 1.165) is 12.8 Å². The summed E-state index contributed by atoms with van der Waals surface area (Å²) in [5.41, 5.74) is 0. The van der Waals surface area contributed by atoms with Crippen LogP contribution in [0, 0.1) is 11.8 Å². The summed E-state index contributed by atoms with van der Waals surface area (Å²) in [7, 11) is 0. The number of allylic oxidation sites excluding steroid dienone is 1. The van der Waals surface area contributed by atoms with Crippen LogP contribution in [0.5, 0.6) is 0 Å². The zero-order chi connectivity index (χ0) is 8.27. The van der Waals surface area contributed by atoms with E-state index < -0.39 is 0 Å². The second kappa shape index (κ2) is 3.56. The third-order valence-corrected chi connectivity index (χ3v) is 2.40. The lowest BCUT2D eigenvalue weighted by molar-refractivity contribution is -0.125. The van der Waals surface area contributed by atoms with E-state index >= 15 is 0 Å². The lowest BCUT2D eigenvalue weighted by atomic mass is 9.87. The minimum absolute atomic E-state index is 0.182. The van der Waals surface area contributed by atoms with E-state index in [1.165, 1.54) is 0 Å². The van der Waals surface area contributed by atoms with Crippen molar-refractivity contribution in [1.82, 2.24) is 5.32 Å². The molecule has 1 heterocycles. The van der Waals surface area contributed by atoms with Crippen molar-refractivity contribution in [3.63, 3.8) is 0 Å². The highest BCUT2D eigenvalue weighted by Crippen LogP contribution is 2.21. The SMILES string of the molecule is CC[C@H](C)C1CC=CNC1=O. The Kier molecular flexibility index (Phi) is 2.69. The molecule has 1 unspecified atom stereocenters. The van der Waals surface area contributed by atoms with Crippen molar-refractivity contribution < 1.29 is 4.79 Å². The molecule has 0 saturated carbocycles. The number of carbonyl (C=O) groups excluding carboxylic acids is 1. The molecule has 0 aromatic carbocycles. The predicted octanol–water partition coefficient (Wildman–Crippen LogP) is 1.68. The van der Waals surface area contributed by atoms with Crippen LogP contribution in [-0.4, -0.2) is 5.91 Å². The number of amides is 1. The van der Waals surface area contributed by atoms with Crippen molar-refractivity contribution in [3.8, 4) is 0 Å². The fourth-order valence-electron chi connectivity index (χ4n) is 1.35. The summed E-state index contributed by atoms with van der Waals surface area (Å²) >= 11 is 0. The lowest BCUT2D eigenvalue weighted by Crippen LogP contribution is -2.33. The second-order valence-electron chi connectivity index (χ2n) is 3.14. The van der Waals surface area contributed by atoms with Crippen LogP contribution < -0.4 is 5.32 Å². The molecule has 62 valence electrons. The third-order valence-electron chi connectivity index (χ3n) is 2.40. The molecule has 1 aliphatic rings. The highest BCUT2D eigenvalue weighted by Gasteiger charge is 2.23. The molecule has 0 aromatic rings. The summed E-state index contributed by atoms with van der Waals surface area (Å²) in [6, 6.07) is 0. The molecule has 2 atom stereocenters. The zero-order valence-corrected chi connectivity index (χ0v) is 7.13. The van der Waals surface area contributed by atoms with Crippen LogP contribution in [-0.2, 0) is 4.79 Å². The van der Waals surface area contributed by atoms with Gasteiger partial charge < -0.3 is 5.32 Å². The fourth-order valence-corrected chi connectivity index (χ4v) is 1.35. The molecule has 1 N–H and O–H groups in total. The smallest absolute Gasteiger partial charge is 0.227 e. The molecule has 0 fully saturated rings. The standard InChI is InChI=1S/C9H15NO/c1-3-7(2)8-5-4-6-10-9(8)11/h4,6-8H,3,5H2,1-2H3,(H,10,11)/t7-,8?/m0/s1. The fraction of sp³-hybridized carbons (Fsp3) is 0.667. The highest BCUT2D eigenvalue weighted by atomic mass is 16.1. The van der Waals surface area contributed by atoms with Gasteiger partial charge in [-0.25, -0.2) is 0 Å². The average molecular weight is 153 g/mol. The zero-order valence-electron chi connectivity index (χ0n) is 7.13. The van der Waals surface area contributed by atoms with Crippen LogP contribution in [0.2, 0.25) is 0 Å². The minimum atomic E-state index is 0.182. The van der Waals surface area contributed by atoms with Crippen molar-refractivity contribution in [3.05, 3.63) is 12.3 Å². The van der Waals surface area contributed by atoms with Crippen molar-refractivity contribution in [2.75, 3.05) is 0 Å². The number of hydrogen-bond acceptors (Lipinski definition) is 1. The minimum Gasteiger partial charge on any atom is -0.333 e. The third kappa shape index (κ3) is 1.82. The Bertz CT molecular complexity index is 174. The number of hydrogen-bond donors (Lipinski definition) is 1. The number of nitrogens with one attached hydrogen (secondary N) is 1. The van der Waals surface area contributed by atoms with Gasteiger partial charge >= 0.3 is 0 Å². The molecular formula is C9H15NO. The number of rotatable bonds is 2. The molecule has 1 aliphatic heterocycles. The molecule has 2 heteroatoms. The summed E-state index contributed by atoms with van der Waals surface area (Å²) < 4.78 is 0. The first kappa shape index (κ1) is 8.31. The first-order valence-corrected chi connectivity index (χ1v) is 4.21. The Balaban J connectivity index is 2.56. The molecule has 0 saturated heterocycles. The van der Waals surface area contributed by atoms with Gasteiger partial charge in [0.1, 0.15) is 0 Å². The Morgan fingerprint density at radius 2 is 2.55 bits per heavy atom. The van der Waals surface area contributed by atoms with Crippen molar-refractivity contribution in [1.29, 1.82) is 0 Å².